The average molecular weight is 579 g/mol. The lowest BCUT2D eigenvalue weighted by Gasteiger charge is -2.18. The fourth-order valence-corrected chi connectivity index (χ4v) is 3.14. The Balaban J connectivity index is 0.000000335. The molecule has 0 radical (unpaired) electrons. The number of hydrogen-bond donors (Lipinski definition) is 0. The maximum absolute atomic E-state index is 11.5. The minimum Gasteiger partial charge on any atom is -0.464 e. The molecule has 1 aliphatic rings. The second kappa shape index (κ2) is 16.7. The first kappa shape index (κ1) is 33.9. The summed E-state index contributed by atoms with van der Waals surface area (Å²) in [6.45, 7) is 2.51. The van der Waals surface area contributed by atoms with Crippen molar-refractivity contribution in [3.05, 3.63) is 41.5 Å². The number of nitrogens with zero attached hydrogens (tertiary/aromatic N) is 4. The first-order chi connectivity index (χ1) is 19.4. The summed E-state index contributed by atoms with van der Waals surface area (Å²) in [6.07, 6.45) is 4.33. The summed E-state index contributed by atoms with van der Waals surface area (Å²) in [6, 6.07) is 2.84. The van der Waals surface area contributed by atoms with Gasteiger partial charge in [-0.3, -0.25) is 9.59 Å². The molecular formula is C25H30N4O12. The molecule has 2 aromatic rings. The molecule has 3 rings (SSSR count). The third-order valence-corrected chi connectivity index (χ3v) is 5.12. The van der Waals surface area contributed by atoms with Gasteiger partial charge in [0.05, 0.1) is 41.7 Å². The summed E-state index contributed by atoms with van der Waals surface area (Å²) < 4.78 is 23.3. The minimum atomic E-state index is -0.995. The van der Waals surface area contributed by atoms with Crippen molar-refractivity contribution < 1.29 is 57.2 Å². The highest BCUT2D eigenvalue weighted by atomic mass is 16.5. The number of esters is 5. The summed E-state index contributed by atoms with van der Waals surface area (Å²) in [4.78, 5) is 82.3. The number of likely N-dealkylation sites (tertiary alicyclic amines) is 1. The maximum atomic E-state index is 11.5. The number of aromatic nitrogens is 3. The smallest absolute Gasteiger partial charge is 0.378 e. The van der Waals surface area contributed by atoms with Gasteiger partial charge in [-0.1, -0.05) is 0 Å². The van der Waals surface area contributed by atoms with Crippen LogP contribution in [0.3, 0.4) is 0 Å². The van der Waals surface area contributed by atoms with Gasteiger partial charge in [-0.15, -0.1) is 0 Å². The molecule has 0 bridgehead atoms. The zero-order chi connectivity index (χ0) is 31.1. The minimum absolute atomic E-state index is 0.0286. The number of Topliss-reactive ketones (excluding diaryl/α,β-unsaturated/α-hetero) is 1. The molecule has 3 heterocycles. The Morgan fingerprint density at radius 2 is 1.34 bits per heavy atom. The lowest BCUT2D eigenvalue weighted by Crippen LogP contribution is -2.27. The molecule has 1 aliphatic heterocycles. The molecule has 0 aromatic carbocycles. The summed E-state index contributed by atoms with van der Waals surface area (Å²) in [7, 11) is 6.00. The normalized spacial score (nSPS) is 12.0. The number of carbonyl (C=O) groups is 7. The van der Waals surface area contributed by atoms with Gasteiger partial charge in [0.15, 0.2) is 17.0 Å². The molecule has 2 aromatic heterocycles. The van der Waals surface area contributed by atoms with Crippen molar-refractivity contribution in [2.24, 2.45) is 0 Å². The lowest BCUT2D eigenvalue weighted by molar-refractivity contribution is -0.150. The summed E-state index contributed by atoms with van der Waals surface area (Å²) in [5, 5.41) is 3.92. The van der Waals surface area contributed by atoms with Crippen LogP contribution in [0.4, 0.5) is 0 Å². The van der Waals surface area contributed by atoms with Gasteiger partial charge in [0.1, 0.15) is 5.70 Å². The van der Waals surface area contributed by atoms with E-state index in [-0.39, 0.29) is 17.1 Å². The van der Waals surface area contributed by atoms with Crippen molar-refractivity contribution in [2.75, 3.05) is 48.6 Å². The molecule has 1 saturated heterocycles. The van der Waals surface area contributed by atoms with E-state index in [0.717, 1.165) is 33.0 Å². The third kappa shape index (κ3) is 9.83. The Bertz CT molecular complexity index is 1330. The molecular weight excluding hydrogens is 548 g/mol. The van der Waals surface area contributed by atoms with Crippen LogP contribution in [0.5, 0.6) is 0 Å². The van der Waals surface area contributed by atoms with Gasteiger partial charge in [0.2, 0.25) is 5.78 Å². The molecule has 0 saturated carbocycles. The van der Waals surface area contributed by atoms with E-state index in [2.05, 4.69) is 33.8 Å². The number of hydrogen-bond acceptors (Lipinski definition) is 15. The van der Waals surface area contributed by atoms with Crippen LogP contribution >= 0.6 is 0 Å². The molecule has 0 N–H and O–H groups in total. The molecule has 16 nitrogen and oxygen atoms in total. The summed E-state index contributed by atoms with van der Waals surface area (Å²) in [5.74, 6) is -5.07. The molecule has 41 heavy (non-hydrogen) atoms. The first-order valence-corrected chi connectivity index (χ1v) is 11.7. The number of methoxy groups -OCH3 is 5. The summed E-state index contributed by atoms with van der Waals surface area (Å²) >= 11 is 0. The predicted molar refractivity (Wildman–Crippen MR) is 136 cm³/mol. The maximum Gasteiger partial charge on any atom is 0.378 e. The quantitative estimate of drug-likeness (QED) is 0.183. The van der Waals surface area contributed by atoms with Crippen molar-refractivity contribution in [2.45, 2.75) is 19.8 Å². The summed E-state index contributed by atoms with van der Waals surface area (Å²) in [5.41, 5.74) is 0.623. The first-order valence-electron chi connectivity index (χ1n) is 11.7. The van der Waals surface area contributed by atoms with Crippen molar-refractivity contribution >= 4 is 47.1 Å². The van der Waals surface area contributed by atoms with E-state index in [0.29, 0.717) is 18.7 Å². The number of ketones is 2. The number of fused-ring (bicyclic) bond motifs is 1. The largest absolute Gasteiger partial charge is 0.464 e. The lowest BCUT2D eigenvalue weighted by atomic mass is 10.3. The van der Waals surface area contributed by atoms with Crippen LogP contribution in [0.1, 0.15) is 40.7 Å². The molecule has 222 valence electrons. The van der Waals surface area contributed by atoms with Gasteiger partial charge in [0.25, 0.3) is 5.78 Å². The monoisotopic (exact) mass is 578 g/mol. The van der Waals surface area contributed by atoms with E-state index < -0.39 is 41.4 Å². The van der Waals surface area contributed by atoms with E-state index in [1.54, 1.807) is 11.0 Å². The van der Waals surface area contributed by atoms with E-state index >= 15 is 0 Å². The van der Waals surface area contributed by atoms with Crippen LogP contribution in [-0.2, 0) is 47.7 Å². The van der Waals surface area contributed by atoms with Crippen molar-refractivity contribution in [1.29, 1.82) is 0 Å². The highest BCUT2D eigenvalue weighted by Crippen LogP contribution is 2.16. The van der Waals surface area contributed by atoms with Gasteiger partial charge >= 0.3 is 29.8 Å². The van der Waals surface area contributed by atoms with Gasteiger partial charge < -0.3 is 28.6 Å². The van der Waals surface area contributed by atoms with Crippen LogP contribution in [0.15, 0.2) is 30.1 Å². The molecule has 0 unspecified atom stereocenters. The SMILES string of the molecule is COC(=O)C(=O)/C=C(/C(=O)OC)N1CCCC1.COC(=O)C(C)=O.COC(=O)c1cc(C(=O)OC)n2nccc2n1. The number of rotatable bonds is 7. The molecule has 16 heteroatoms. The van der Waals surface area contributed by atoms with Gasteiger partial charge in [-0.25, -0.2) is 33.5 Å². The van der Waals surface area contributed by atoms with E-state index in [4.69, 9.17) is 0 Å². The molecule has 0 spiro atoms. The molecule has 0 atom stereocenters. The Kier molecular flexibility index (Phi) is 13.8. The highest BCUT2D eigenvalue weighted by molar-refractivity contribution is 6.39. The fraction of sp³-hybridized carbons (Fsp3) is 0.400. The Morgan fingerprint density at radius 1 is 0.780 bits per heavy atom. The zero-order valence-electron chi connectivity index (χ0n) is 23.3. The predicted octanol–water partition coefficient (Wildman–Crippen LogP) is -0.0679. The molecule has 1 fully saturated rings. The van der Waals surface area contributed by atoms with E-state index in [1.807, 2.05) is 0 Å². The Morgan fingerprint density at radius 3 is 1.80 bits per heavy atom. The number of ether oxygens (including phenoxy) is 5. The van der Waals surface area contributed by atoms with Gasteiger partial charge in [-0.2, -0.15) is 5.10 Å². The van der Waals surface area contributed by atoms with Crippen LogP contribution in [-0.4, -0.2) is 110 Å². The van der Waals surface area contributed by atoms with Crippen LogP contribution in [0.25, 0.3) is 5.65 Å². The van der Waals surface area contributed by atoms with Gasteiger partial charge in [0, 0.05) is 38.2 Å². The van der Waals surface area contributed by atoms with Gasteiger partial charge in [-0.05, 0) is 12.8 Å². The zero-order valence-corrected chi connectivity index (χ0v) is 23.3. The fourth-order valence-electron chi connectivity index (χ4n) is 3.14. The van der Waals surface area contributed by atoms with Crippen LogP contribution in [0, 0.1) is 0 Å². The van der Waals surface area contributed by atoms with Crippen LogP contribution < -0.4 is 0 Å². The second-order valence-electron chi connectivity index (χ2n) is 7.73. The van der Waals surface area contributed by atoms with Crippen molar-refractivity contribution in [3.63, 3.8) is 0 Å². The Hall–Kier alpha value is -5.15. The van der Waals surface area contributed by atoms with Crippen molar-refractivity contribution in [1.82, 2.24) is 19.5 Å². The molecule has 0 aliphatic carbocycles. The number of carbonyl (C=O) groups excluding carboxylic acids is 7. The van der Waals surface area contributed by atoms with E-state index in [9.17, 15) is 33.6 Å². The van der Waals surface area contributed by atoms with Crippen molar-refractivity contribution in [3.8, 4) is 0 Å². The van der Waals surface area contributed by atoms with E-state index in [1.165, 1.54) is 45.2 Å². The molecule has 0 amide bonds. The third-order valence-electron chi connectivity index (χ3n) is 5.12. The second-order valence-corrected chi connectivity index (χ2v) is 7.73. The topological polar surface area (TPSA) is 199 Å². The van der Waals surface area contributed by atoms with Crippen LogP contribution in [0.2, 0.25) is 0 Å². The Labute approximate surface area is 234 Å². The standard InChI is InChI=1S/C11H15NO5.C10H9N3O4.C4H6O3/c1-16-10(14)8(12-5-3-4-6-12)7-9(13)11(15)17-2;1-16-9(14)6-5-7(10(15)17-2)13-8(12-6)3-4-11-13;1-3(5)4(6)7-2/h7H,3-6H2,1-2H3;3-5H,1-2H3;1-2H3/b8-7-;;. The average Bonchev–Trinajstić information content (AvgIpc) is 3.70. The highest BCUT2D eigenvalue weighted by Gasteiger charge is 2.24.